The average molecular weight is 721 g/mol. The van der Waals surface area contributed by atoms with Gasteiger partial charge in [0.25, 0.3) is 0 Å². The maximum absolute atomic E-state index is 12.0. The number of amides is 2. The van der Waals surface area contributed by atoms with Gasteiger partial charge in [-0.2, -0.15) is 5.10 Å². The SMILES string of the molecule is CC(=O)N1CCC(C(C)C)CC1.CC(C)N1CCN(C(=O)Cn2cccn2)CC1.CC(C)N1CCN(CC(=O)O)CC1.CC(C)N1CCOCC1. The number of likely N-dealkylation sites (tertiary alicyclic amines) is 1. The Bertz CT molecular complexity index is 1090. The second kappa shape index (κ2) is 23.9. The number of aromatic nitrogens is 2. The summed E-state index contributed by atoms with van der Waals surface area (Å²) in [4.78, 5) is 46.5. The molecule has 4 fully saturated rings. The molecule has 2 amide bonds. The number of ether oxygens (including phenoxy) is 1. The molecule has 0 aromatic carbocycles. The number of piperidine rings is 1. The molecule has 4 saturated heterocycles. The van der Waals surface area contributed by atoms with E-state index >= 15 is 0 Å². The van der Waals surface area contributed by atoms with Crippen LogP contribution < -0.4 is 0 Å². The number of carbonyl (C=O) groups is 3. The normalized spacial score (nSPS) is 20.0. The van der Waals surface area contributed by atoms with Gasteiger partial charge in [0.2, 0.25) is 11.8 Å². The number of nitrogens with zero attached hydrogens (tertiary/aromatic N) is 8. The molecule has 0 aliphatic carbocycles. The first kappa shape index (κ1) is 44.6. The van der Waals surface area contributed by atoms with Crippen molar-refractivity contribution in [2.24, 2.45) is 11.8 Å². The van der Waals surface area contributed by atoms with Crippen molar-refractivity contribution in [3.63, 3.8) is 0 Å². The van der Waals surface area contributed by atoms with Gasteiger partial charge in [0.05, 0.1) is 19.8 Å². The van der Waals surface area contributed by atoms with E-state index in [0.717, 1.165) is 104 Å². The Labute approximate surface area is 309 Å². The lowest BCUT2D eigenvalue weighted by atomic mass is 9.87. The van der Waals surface area contributed by atoms with E-state index < -0.39 is 5.97 Å². The highest BCUT2D eigenvalue weighted by molar-refractivity contribution is 5.76. The Kier molecular flexibility index (Phi) is 20.9. The summed E-state index contributed by atoms with van der Waals surface area (Å²) in [5, 5.41) is 12.6. The third-order valence-corrected chi connectivity index (χ3v) is 10.5. The fraction of sp³-hybridized carbons (Fsp3) is 0.842. The number of carboxylic acid groups (broad SMARTS) is 1. The molecule has 4 aliphatic rings. The molecule has 5 rings (SSSR count). The molecule has 0 spiro atoms. The van der Waals surface area contributed by atoms with Gasteiger partial charge >= 0.3 is 5.97 Å². The molecular formula is C38H72N8O5. The van der Waals surface area contributed by atoms with Gasteiger partial charge in [-0.15, -0.1) is 0 Å². The summed E-state index contributed by atoms with van der Waals surface area (Å²) in [6.07, 6.45) is 5.90. The van der Waals surface area contributed by atoms with E-state index in [4.69, 9.17) is 9.84 Å². The van der Waals surface area contributed by atoms with Crippen molar-refractivity contribution in [1.82, 2.24) is 39.2 Å². The highest BCUT2D eigenvalue weighted by Crippen LogP contribution is 2.24. The number of piperazine rings is 2. The Morgan fingerprint density at radius 3 is 1.57 bits per heavy atom. The Morgan fingerprint density at radius 1 is 0.686 bits per heavy atom. The fourth-order valence-electron chi connectivity index (χ4n) is 6.72. The molecule has 1 N–H and O–H groups in total. The largest absolute Gasteiger partial charge is 0.480 e. The molecule has 0 bridgehead atoms. The van der Waals surface area contributed by atoms with Gasteiger partial charge in [-0.25, -0.2) is 0 Å². The number of aliphatic carboxylic acids is 1. The molecule has 0 unspecified atom stereocenters. The van der Waals surface area contributed by atoms with Crippen molar-refractivity contribution >= 4 is 17.8 Å². The molecule has 5 heterocycles. The van der Waals surface area contributed by atoms with Gasteiger partial charge in [-0.3, -0.25) is 38.7 Å². The van der Waals surface area contributed by atoms with E-state index in [-0.39, 0.29) is 18.4 Å². The van der Waals surface area contributed by atoms with E-state index in [1.807, 2.05) is 27.0 Å². The van der Waals surface area contributed by atoms with Gasteiger partial charge < -0.3 is 19.6 Å². The zero-order chi connectivity index (χ0) is 37.9. The van der Waals surface area contributed by atoms with Crippen LogP contribution in [-0.2, 0) is 25.7 Å². The van der Waals surface area contributed by atoms with Crippen LogP contribution in [0.3, 0.4) is 0 Å². The van der Waals surface area contributed by atoms with Crippen molar-refractivity contribution < 1.29 is 24.2 Å². The van der Waals surface area contributed by atoms with Gasteiger partial charge in [-0.05, 0) is 72.3 Å². The quantitative estimate of drug-likeness (QED) is 0.430. The maximum atomic E-state index is 12.0. The number of hydrogen-bond donors (Lipinski definition) is 1. The van der Waals surface area contributed by atoms with Gasteiger partial charge in [0, 0.05) is 116 Å². The molecule has 1 aromatic rings. The minimum atomic E-state index is -0.724. The minimum absolute atomic E-state index is 0.164. The number of carboxylic acids is 1. The van der Waals surface area contributed by atoms with Crippen LogP contribution in [0, 0.1) is 11.8 Å². The number of rotatable bonds is 8. The van der Waals surface area contributed by atoms with Crippen LogP contribution in [0.2, 0.25) is 0 Å². The number of hydrogen-bond acceptors (Lipinski definition) is 9. The molecule has 13 heteroatoms. The Hall–Kier alpha value is -2.58. The Balaban J connectivity index is 0.000000242. The second-order valence-electron chi connectivity index (χ2n) is 15.3. The van der Waals surface area contributed by atoms with Crippen molar-refractivity contribution in [3.05, 3.63) is 18.5 Å². The predicted octanol–water partition coefficient (Wildman–Crippen LogP) is 3.16. The van der Waals surface area contributed by atoms with Crippen LogP contribution in [0.5, 0.6) is 0 Å². The van der Waals surface area contributed by atoms with Crippen LogP contribution in [0.4, 0.5) is 0 Å². The molecule has 0 atom stereocenters. The molecule has 1 aromatic heterocycles. The molecule has 13 nitrogen and oxygen atoms in total. The van der Waals surface area contributed by atoms with E-state index in [2.05, 4.69) is 75.2 Å². The van der Waals surface area contributed by atoms with E-state index in [9.17, 15) is 14.4 Å². The van der Waals surface area contributed by atoms with Crippen LogP contribution in [0.15, 0.2) is 18.5 Å². The first-order valence-corrected chi connectivity index (χ1v) is 19.4. The second-order valence-corrected chi connectivity index (χ2v) is 15.3. The summed E-state index contributed by atoms with van der Waals surface area (Å²) >= 11 is 0. The molecule has 0 radical (unpaired) electrons. The lowest BCUT2D eigenvalue weighted by Crippen LogP contribution is -2.51. The molecule has 294 valence electrons. The standard InChI is InChI=1S/C12H20N4O.C10H19NO.C9H18N2O2.C7H15NO/c1-11(2)14-6-8-15(9-7-14)12(17)10-16-5-3-4-13-16;1-8(2)10-4-6-11(7-5-10)9(3)12;1-8(2)11-5-3-10(4-6-11)7-9(12)13;1-7(2)8-3-5-9-6-4-8/h3-5,11H,6-10H2,1-2H3;8,10H,4-7H2,1-3H3;8H,3-7H2,1-2H3,(H,12,13);7H,3-6H2,1-2H3. The van der Waals surface area contributed by atoms with E-state index in [0.29, 0.717) is 24.7 Å². The van der Waals surface area contributed by atoms with Crippen molar-refractivity contribution in [2.75, 3.05) is 98.3 Å². The highest BCUT2D eigenvalue weighted by atomic mass is 16.5. The third kappa shape index (κ3) is 17.7. The number of morpholine rings is 1. The Morgan fingerprint density at radius 2 is 1.18 bits per heavy atom. The summed E-state index contributed by atoms with van der Waals surface area (Å²) in [5.41, 5.74) is 0. The molecule has 0 saturated carbocycles. The predicted molar refractivity (Wildman–Crippen MR) is 204 cm³/mol. The van der Waals surface area contributed by atoms with Crippen LogP contribution >= 0.6 is 0 Å². The van der Waals surface area contributed by atoms with Crippen molar-refractivity contribution in [1.29, 1.82) is 0 Å². The summed E-state index contributed by atoms with van der Waals surface area (Å²) in [6, 6.07) is 3.67. The van der Waals surface area contributed by atoms with Gasteiger partial charge in [0.1, 0.15) is 6.54 Å². The smallest absolute Gasteiger partial charge is 0.317 e. The van der Waals surface area contributed by atoms with Gasteiger partial charge in [0.15, 0.2) is 0 Å². The topological polar surface area (TPSA) is 118 Å². The minimum Gasteiger partial charge on any atom is -0.480 e. The lowest BCUT2D eigenvalue weighted by Gasteiger charge is -2.36. The summed E-state index contributed by atoms with van der Waals surface area (Å²) in [5.74, 6) is 1.28. The zero-order valence-corrected chi connectivity index (χ0v) is 33.5. The summed E-state index contributed by atoms with van der Waals surface area (Å²) in [6.45, 7) is 33.3. The highest BCUT2D eigenvalue weighted by Gasteiger charge is 2.24. The van der Waals surface area contributed by atoms with Crippen molar-refractivity contribution in [2.45, 2.75) is 99.8 Å². The van der Waals surface area contributed by atoms with Crippen LogP contribution in [-0.4, -0.2) is 178 Å². The van der Waals surface area contributed by atoms with E-state index in [1.165, 1.54) is 12.8 Å². The monoisotopic (exact) mass is 721 g/mol. The summed E-state index contributed by atoms with van der Waals surface area (Å²) < 4.78 is 6.89. The number of carbonyl (C=O) groups excluding carboxylic acids is 2. The zero-order valence-electron chi connectivity index (χ0n) is 33.5. The lowest BCUT2D eigenvalue weighted by molar-refractivity contribution is -0.139. The van der Waals surface area contributed by atoms with Gasteiger partial charge in [-0.1, -0.05) is 13.8 Å². The average Bonchev–Trinajstić information content (AvgIpc) is 3.62. The maximum Gasteiger partial charge on any atom is 0.317 e. The summed E-state index contributed by atoms with van der Waals surface area (Å²) in [7, 11) is 0. The molecule has 51 heavy (non-hydrogen) atoms. The third-order valence-electron chi connectivity index (χ3n) is 10.5. The van der Waals surface area contributed by atoms with E-state index in [1.54, 1.807) is 17.8 Å². The fourth-order valence-corrected chi connectivity index (χ4v) is 6.72. The first-order chi connectivity index (χ1) is 24.2. The van der Waals surface area contributed by atoms with Crippen LogP contribution in [0.25, 0.3) is 0 Å². The first-order valence-electron chi connectivity index (χ1n) is 19.4. The molecular weight excluding hydrogens is 648 g/mol. The van der Waals surface area contributed by atoms with Crippen LogP contribution in [0.1, 0.15) is 75.2 Å². The molecule has 4 aliphatic heterocycles. The van der Waals surface area contributed by atoms with Crippen molar-refractivity contribution in [3.8, 4) is 0 Å².